The Kier molecular flexibility index (Phi) is 4.29. The van der Waals surface area contributed by atoms with Gasteiger partial charge in [-0.15, -0.1) is 0 Å². The van der Waals surface area contributed by atoms with Crippen LogP contribution in [0.5, 0.6) is 23.0 Å². The van der Waals surface area contributed by atoms with Gasteiger partial charge in [0, 0.05) is 18.2 Å². The first-order valence-electron chi connectivity index (χ1n) is 6.25. The third-order valence-electron chi connectivity index (χ3n) is 2.87. The van der Waals surface area contributed by atoms with E-state index in [9.17, 15) is 0 Å². The minimum absolute atomic E-state index is 0.699. The van der Waals surface area contributed by atoms with Crippen LogP contribution in [0.4, 0.5) is 0 Å². The lowest BCUT2D eigenvalue weighted by Crippen LogP contribution is -1.91. The van der Waals surface area contributed by atoms with Gasteiger partial charge in [-0.05, 0) is 24.1 Å². The summed E-state index contributed by atoms with van der Waals surface area (Å²) in [6, 6.07) is 13.5. The number of ether oxygens (including phenoxy) is 3. The number of benzene rings is 2. The molecule has 0 aliphatic rings. The van der Waals surface area contributed by atoms with E-state index in [0.29, 0.717) is 17.2 Å². The van der Waals surface area contributed by atoms with Gasteiger partial charge in [0.1, 0.15) is 23.0 Å². The van der Waals surface area contributed by atoms with E-state index in [1.807, 2.05) is 36.4 Å². The zero-order valence-corrected chi connectivity index (χ0v) is 11.5. The lowest BCUT2D eigenvalue weighted by Gasteiger charge is -2.10. The maximum absolute atomic E-state index is 5.85. The van der Waals surface area contributed by atoms with Crippen LogP contribution in [0.3, 0.4) is 0 Å². The maximum Gasteiger partial charge on any atom is 0.134 e. The van der Waals surface area contributed by atoms with Gasteiger partial charge >= 0.3 is 0 Å². The van der Waals surface area contributed by atoms with Crippen molar-refractivity contribution in [3.8, 4) is 23.0 Å². The van der Waals surface area contributed by atoms with Gasteiger partial charge in [0.2, 0.25) is 0 Å². The number of hydrogen-bond acceptors (Lipinski definition) is 3. The molecule has 2 aromatic rings. The van der Waals surface area contributed by atoms with Crippen molar-refractivity contribution in [2.24, 2.45) is 0 Å². The molecule has 0 N–H and O–H groups in total. The van der Waals surface area contributed by atoms with E-state index in [1.165, 1.54) is 5.56 Å². The van der Waals surface area contributed by atoms with E-state index < -0.39 is 0 Å². The van der Waals surface area contributed by atoms with Gasteiger partial charge in [0.25, 0.3) is 0 Å². The molecule has 0 unspecified atom stereocenters. The second-order valence-electron chi connectivity index (χ2n) is 4.15. The monoisotopic (exact) mass is 258 g/mol. The molecule has 3 heteroatoms. The molecule has 19 heavy (non-hydrogen) atoms. The molecule has 0 amide bonds. The van der Waals surface area contributed by atoms with Gasteiger partial charge in [-0.2, -0.15) is 0 Å². The fourth-order valence-electron chi connectivity index (χ4n) is 1.81. The summed E-state index contributed by atoms with van der Waals surface area (Å²) in [7, 11) is 3.24. The Balaban J connectivity index is 2.26. The van der Waals surface area contributed by atoms with Crippen molar-refractivity contribution in [3.63, 3.8) is 0 Å². The zero-order valence-electron chi connectivity index (χ0n) is 11.5. The van der Waals surface area contributed by atoms with Crippen LogP contribution < -0.4 is 14.2 Å². The molecule has 0 radical (unpaired) electrons. The predicted octanol–water partition coefficient (Wildman–Crippen LogP) is 4.06. The van der Waals surface area contributed by atoms with Crippen molar-refractivity contribution in [2.75, 3.05) is 14.2 Å². The molecule has 0 atom stereocenters. The van der Waals surface area contributed by atoms with Crippen LogP contribution in [0.1, 0.15) is 12.5 Å². The van der Waals surface area contributed by atoms with E-state index >= 15 is 0 Å². The van der Waals surface area contributed by atoms with Crippen molar-refractivity contribution in [1.82, 2.24) is 0 Å². The molecule has 0 bridgehead atoms. The van der Waals surface area contributed by atoms with E-state index in [0.717, 1.165) is 12.2 Å². The third-order valence-corrected chi connectivity index (χ3v) is 2.87. The molecule has 2 aromatic carbocycles. The van der Waals surface area contributed by atoms with E-state index in [2.05, 4.69) is 13.0 Å². The summed E-state index contributed by atoms with van der Waals surface area (Å²) in [6.45, 7) is 2.12. The van der Waals surface area contributed by atoms with Gasteiger partial charge in [0.15, 0.2) is 0 Å². The lowest BCUT2D eigenvalue weighted by molar-refractivity contribution is 0.386. The Hall–Kier alpha value is -2.16. The Labute approximate surface area is 113 Å². The molecule has 3 nitrogen and oxygen atoms in total. The van der Waals surface area contributed by atoms with E-state index in [-0.39, 0.29) is 0 Å². The highest BCUT2D eigenvalue weighted by Crippen LogP contribution is 2.31. The van der Waals surface area contributed by atoms with Crippen LogP contribution in [-0.2, 0) is 6.42 Å². The molecular formula is C16H18O3. The molecule has 100 valence electrons. The van der Waals surface area contributed by atoms with Crippen LogP contribution in [-0.4, -0.2) is 14.2 Å². The fourth-order valence-corrected chi connectivity index (χ4v) is 1.81. The van der Waals surface area contributed by atoms with Crippen molar-refractivity contribution < 1.29 is 14.2 Å². The third kappa shape index (κ3) is 3.41. The summed E-state index contributed by atoms with van der Waals surface area (Å²) in [4.78, 5) is 0. The SMILES string of the molecule is CCc1cccc(Oc2cc(OC)cc(OC)c2)c1. The molecule has 0 saturated carbocycles. The van der Waals surface area contributed by atoms with Gasteiger partial charge in [-0.1, -0.05) is 19.1 Å². The Morgan fingerprint density at radius 2 is 1.42 bits per heavy atom. The Morgan fingerprint density at radius 1 is 0.789 bits per heavy atom. The summed E-state index contributed by atoms with van der Waals surface area (Å²) in [5, 5.41) is 0. The zero-order chi connectivity index (χ0) is 13.7. The van der Waals surface area contributed by atoms with Gasteiger partial charge in [0.05, 0.1) is 14.2 Å². The number of aryl methyl sites for hydroxylation is 1. The first kappa shape index (κ1) is 13.3. The molecule has 0 spiro atoms. The highest BCUT2D eigenvalue weighted by Gasteiger charge is 2.04. The average molecular weight is 258 g/mol. The summed E-state index contributed by atoms with van der Waals surface area (Å²) in [6.07, 6.45) is 0.985. The highest BCUT2D eigenvalue weighted by atomic mass is 16.5. The maximum atomic E-state index is 5.85. The predicted molar refractivity (Wildman–Crippen MR) is 75.4 cm³/mol. The van der Waals surface area contributed by atoms with Crippen molar-refractivity contribution >= 4 is 0 Å². The first-order chi connectivity index (χ1) is 9.25. The minimum atomic E-state index is 0.699. The van der Waals surface area contributed by atoms with Crippen molar-refractivity contribution in [3.05, 3.63) is 48.0 Å². The molecule has 0 fully saturated rings. The smallest absolute Gasteiger partial charge is 0.134 e. The largest absolute Gasteiger partial charge is 0.496 e. The number of rotatable bonds is 5. The molecular weight excluding hydrogens is 240 g/mol. The van der Waals surface area contributed by atoms with Gasteiger partial charge < -0.3 is 14.2 Å². The van der Waals surface area contributed by atoms with Crippen molar-refractivity contribution in [2.45, 2.75) is 13.3 Å². The normalized spacial score (nSPS) is 10.1. The number of hydrogen-bond donors (Lipinski definition) is 0. The molecule has 0 aromatic heterocycles. The van der Waals surface area contributed by atoms with Crippen molar-refractivity contribution in [1.29, 1.82) is 0 Å². The average Bonchev–Trinajstić information content (AvgIpc) is 2.47. The number of methoxy groups -OCH3 is 2. The quantitative estimate of drug-likeness (QED) is 0.809. The molecule has 0 aliphatic carbocycles. The van der Waals surface area contributed by atoms with Crippen LogP contribution >= 0.6 is 0 Å². The highest BCUT2D eigenvalue weighted by molar-refractivity contribution is 5.44. The fraction of sp³-hybridized carbons (Fsp3) is 0.250. The molecule has 0 saturated heterocycles. The van der Waals surface area contributed by atoms with E-state index in [4.69, 9.17) is 14.2 Å². The van der Waals surface area contributed by atoms with Crippen LogP contribution in [0.15, 0.2) is 42.5 Å². The van der Waals surface area contributed by atoms with Gasteiger partial charge in [-0.3, -0.25) is 0 Å². The minimum Gasteiger partial charge on any atom is -0.496 e. The molecule has 0 aliphatic heterocycles. The summed E-state index contributed by atoms with van der Waals surface area (Å²) < 4.78 is 16.3. The Morgan fingerprint density at radius 3 is 2.00 bits per heavy atom. The van der Waals surface area contributed by atoms with Crippen LogP contribution in [0, 0.1) is 0 Å². The first-order valence-corrected chi connectivity index (χ1v) is 6.25. The summed E-state index contributed by atoms with van der Waals surface area (Å²) in [5.41, 5.74) is 1.24. The topological polar surface area (TPSA) is 27.7 Å². The Bertz CT molecular complexity index is 527. The van der Waals surface area contributed by atoms with E-state index in [1.54, 1.807) is 14.2 Å². The molecule has 0 heterocycles. The summed E-state index contributed by atoms with van der Waals surface area (Å²) in [5.74, 6) is 2.93. The second kappa shape index (κ2) is 6.14. The van der Waals surface area contributed by atoms with Crippen LogP contribution in [0.25, 0.3) is 0 Å². The van der Waals surface area contributed by atoms with Crippen LogP contribution in [0.2, 0.25) is 0 Å². The standard InChI is InChI=1S/C16H18O3/c1-4-12-6-5-7-13(8-12)19-16-10-14(17-2)9-15(11-16)18-3/h5-11H,4H2,1-3H3. The lowest BCUT2D eigenvalue weighted by atomic mass is 10.2. The molecule has 2 rings (SSSR count). The summed E-state index contributed by atoms with van der Waals surface area (Å²) >= 11 is 0. The second-order valence-corrected chi connectivity index (χ2v) is 4.15. The van der Waals surface area contributed by atoms with Gasteiger partial charge in [-0.25, -0.2) is 0 Å².